The van der Waals surface area contributed by atoms with Crippen molar-refractivity contribution in [1.29, 1.82) is 0 Å². The summed E-state index contributed by atoms with van der Waals surface area (Å²) < 4.78 is 1.93. The van der Waals surface area contributed by atoms with Gasteiger partial charge in [-0.2, -0.15) is 0 Å². The molecule has 2 heteroatoms. The lowest BCUT2D eigenvalue weighted by Gasteiger charge is -2.16. The molecule has 1 radical (unpaired) electrons. The van der Waals surface area contributed by atoms with Crippen LogP contribution in [0.1, 0.15) is 26.6 Å². The van der Waals surface area contributed by atoms with Crippen LogP contribution in [0.4, 0.5) is 0 Å². The molecule has 0 aromatic carbocycles. The van der Waals surface area contributed by atoms with Gasteiger partial charge in [0.2, 0.25) is 0 Å². The highest BCUT2D eigenvalue weighted by Crippen LogP contribution is 2.18. The lowest BCUT2D eigenvalue weighted by atomic mass is 9.96. The molecule has 0 amide bonds. The summed E-state index contributed by atoms with van der Waals surface area (Å²) in [7, 11) is 1.97. The molecule has 2 nitrogen and oxygen atoms in total. The molecule has 1 aromatic heterocycles. The fourth-order valence-corrected chi connectivity index (χ4v) is 1.02. The third kappa shape index (κ3) is 1.20. The summed E-state index contributed by atoms with van der Waals surface area (Å²) in [6.07, 6.45) is 4.69. The van der Waals surface area contributed by atoms with Crippen molar-refractivity contribution in [2.75, 3.05) is 0 Å². The van der Waals surface area contributed by atoms with E-state index >= 15 is 0 Å². The first-order valence-corrected chi connectivity index (χ1v) is 3.41. The molecular weight excluding hydrogens is 124 g/mol. The van der Waals surface area contributed by atoms with Crippen LogP contribution in [0.2, 0.25) is 0 Å². The molecule has 0 atom stereocenters. The maximum atomic E-state index is 4.19. The largest absolute Gasteiger partial charge is 0.329 e. The molecule has 0 bridgehead atoms. The predicted molar refractivity (Wildman–Crippen MR) is 40.7 cm³/mol. The van der Waals surface area contributed by atoms with Crippen LogP contribution in [-0.4, -0.2) is 9.55 Å². The highest BCUT2D eigenvalue weighted by molar-refractivity contribution is 5.02. The van der Waals surface area contributed by atoms with Crippen LogP contribution in [0.15, 0.2) is 6.20 Å². The van der Waals surface area contributed by atoms with Gasteiger partial charge in [-0.3, -0.25) is 0 Å². The van der Waals surface area contributed by atoms with Crippen molar-refractivity contribution in [1.82, 2.24) is 9.55 Å². The first kappa shape index (κ1) is 7.32. The maximum Gasteiger partial charge on any atom is 0.114 e. The van der Waals surface area contributed by atoms with Crippen LogP contribution in [0, 0.1) is 6.20 Å². The van der Waals surface area contributed by atoms with Crippen molar-refractivity contribution in [2.45, 2.75) is 26.2 Å². The number of nitrogens with zero attached hydrogens (tertiary/aromatic N) is 2. The Hall–Kier alpha value is -0.790. The fraction of sp³-hybridized carbons (Fsp3) is 0.625. The first-order valence-electron chi connectivity index (χ1n) is 3.41. The molecule has 0 aliphatic carbocycles. The van der Waals surface area contributed by atoms with E-state index in [-0.39, 0.29) is 5.41 Å². The Balaban J connectivity index is 3.05. The Kier molecular flexibility index (Phi) is 1.55. The minimum absolute atomic E-state index is 0.134. The molecule has 55 valence electrons. The molecule has 0 saturated carbocycles. The van der Waals surface area contributed by atoms with Crippen molar-refractivity contribution in [3.63, 3.8) is 0 Å². The van der Waals surface area contributed by atoms with Gasteiger partial charge >= 0.3 is 0 Å². The molecule has 1 aromatic rings. The number of rotatable bonds is 0. The quantitative estimate of drug-likeness (QED) is 0.530. The zero-order valence-electron chi connectivity index (χ0n) is 6.97. The SMILES string of the molecule is Cn1[c]cnc1C(C)(C)C. The zero-order valence-corrected chi connectivity index (χ0v) is 6.97. The van der Waals surface area contributed by atoms with Gasteiger partial charge in [0.05, 0.1) is 12.4 Å². The van der Waals surface area contributed by atoms with Gasteiger partial charge in [-0.25, -0.2) is 4.98 Å². The van der Waals surface area contributed by atoms with Crippen LogP contribution in [-0.2, 0) is 12.5 Å². The van der Waals surface area contributed by atoms with Gasteiger partial charge in [0.25, 0.3) is 0 Å². The molecule has 0 N–H and O–H groups in total. The second-order valence-corrected chi connectivity index (χ2v) is 3.52. The summed E-state index contributed by atoms with van der Waals surface area (Å²) in [6.45, 7) is 6.43. The molecule has 0 unspecified atom stereocenters. The van der Waals surface area contributed by atoms with E-state index in [0.29, 0.717) is 0 Å². The van der Waals surface area contributed by atoms with E-state index in [4.69, 9.17) is 0 Å². The summed E-state index contributed by atoms with van der Waals surface area (Å²) in [5.74, 6) is 1.08. The summed E-state index contributed by atoms with van der Waals surface area (Å²) in [5.41, 5.74) is 0.134. The van der Waals surface area contributed by atoms with E-state index in [1.54, 1.807) is 6.20 Å². The van der Waals surface area contributed by atoms with Gasteiger partial charge in [-0.15, -0.1) is 0 Å². The zero-order chi connectivity index (χ0) is 7.78. The summed E-state index contributed by atoms with van der Waals surface area (Å²) in [6, 6.07) is 0. The Labute approximate surface area is 61.9 Å². The molecule has 0 fully saturated rings. The van der Waals surface area contributed by atoms with Crippen molar-refractivity contribution in [3.05, 3.63) is 18.2 Å². The fourth-order valence-electron chi connectivity index (χ4n) is 1.02. The normalized spacial score (nSPS) is 12.0. The molecule has 0 saturated heterocycles. The lowest BCUT2D eigenvalue weighted by molar-refractivity contribution is 0.522. The van der Waals surface area contributed by atoms with Crippen molar-refractivity contribution >= 4 is 0 Å². The second kappa shape index (κ2) is 2.11. The molecule has 0 aliphatic rings. The maximum absolute atomic E-state index is 4.19. The van der Waals surface area contributed by atoms with E-state index < -0.39 is 0 Å². The summed E-state index contributed by atoms with van der Waals surface area (Å²) >= 11 is 0. The van der Waals surface area contributed by atoms with E-state index in [2.05, 4.69) is 32.0 Å². The minimum atomic E-state index is 0.134. The van der Waals surface area contributed by atoms with E-state index in [1.807, 2.05) is 11.6 Å². The molecule has 0 spiro atoms. The van der Waals surface area contributed by atoms with Gasteiger partial charge in [0.1, 0.15) is 5.82 Å². The molecule has 1 rings (SSSR count). The third-order valence-corrected chi connectivity index (χ3v) is 1.43. The topological polar surface area (TPSA) is 17.8 Å². The molecular formula is C8H13N2. The summed E-state index contributed by atoms with van der Waals surface area (Å²) in [4.78, 5) is 4.19. The molecule has 1 heterocycles. The first-order chi connectivity index (χ1) is 4.52. The standard InChI is InChI=1S/C8H13N2/c1-8(2,3)7-9-5-6-10(7)4/h5H,1-4H3. The van der Waals surface area contributed by atoms with Crippen LogP contribution in [0.3, 0.4) is 0 Å². The Bertz CT molecular complexity index is 217. The van der Waals surface area contributed by atoms with E-state index in [9.17, 15) is 0 Å². The van der Waals surface area contributed by atoms with Gasteiger partial charge in [-0.1, -0.05) is 20.8 Å². The number of imidazole rings is 1. The van der Waals surface area contributed by atoms with Gasteiger partial charge in [0.15, 0.2) is 0 Å². The Morgan fingerprint density at radius 1 is 1.50 bits per heavy atom. The second-order valence-electron chi connectivity index (χ2n) is 3.52. The monoisotopic (exact) mass is 137 g/mol. The number of hydrogen-bond acceptors (Lipinski definition) is 1. The smallest absolute Gasteiger partial charge is 0.114 e. The lowest BCUT2D eigenvalue weighted by Crippen LogP contribution is -2.17. The minimum Gasteiger partial charge on any atom is -0.329 e. The average Bonchev–Trinajstić information content (AvgIpc) is 2.11. The van der Waals surface area contributed by atoms with Crippen molar-refractivity contribution in [2.24, 2.45) is 7.05 Å². The van der Waals surface area contributed by atoms with Gasteiger partial charge in [0, 0.05) is 12.5 Å². The Morgan fingerprint density at radius 2 is 2.10 bits per heavy atom. The Morgan fingerprint density at radius 3 is 2.30 bits per heavy atom. The number of aromatic nitrogens is 2. The van der Waals surface area contributed by atoms with Gasteiger partial charge < -0.3 is 4.57 Å². The highest BCUT2D eigenvalue weighted by Gasteiger charge is 2.17. The van der Waals surface area contributed by atoms with Gasteiger partial charge in [-0.05, 0) is 0 Å². The average molecular weight is 137 g/mol. The van der Waals surface area contributed by atoms with E-state index in [1.165, 1.54) is 0 Å². The van der Waals surface area contributed by atoms with Crippen molar-refractivity contribution < 1.29 is 0 Å². The predicted octanol–water partition coefficient (Wildman–Crippen LogP) is 1.52. The number of aryl methyl sites for hydroxylation is 1. The number of hydrogen-bond donors (Lipinski definition) is 0. The van der Waals surface area contributed by atoms with Crippen LogP contribution in [0.5, 0.6) is 0 Å². The van der Waals surface area contributed by atoms with E-state index in [0.717, 1.165) is 5.82 Å². The van der Waals surface area contributed by atoms with Crippen molar-refractivity contribution in [3.8, 4) is 0 Å². The molecule has 0 aliphatic heterocycles. The third-order valence-electron chi connectivity index (χ3n) is 1.43. The van der Waals surface area contributed by atoms with Crippen LogP contribution >= 0.6 is 0 Å². The molecule has 10 heavy (non-hydrogen) atoms. The van der Waals surface area contributed by atoms with Crippen LogP contribution in [0.25, 0.3) is 0 Å². The van der Waals surface area contributed by atoms with Crippen LogP contribution < -0.4 is 0 Å². The summed E-state index contributed by atoms with van der Waals surface area (Å²) in [5, 5.41) is 0. The highest BCUT2D eigenvalue weighted by atomic mass is 15.0.